The number of hydrogen-bond acceptors (Lipinski definition) is 7. The lowest BCUT2D eigenvalue weighted by molar-refractivity contribution is -0.118. The molecule has 0 radical (unpaired) electrons. The van der Waals surface area contributed by atoms with Crippen LogP contribution < -0.4 is 5.32 Å². The summed E-state index contributed by atoms with van der Waals surface area (Å²) in [6.07, 6.45) is 2.18. The maximum atomic E-state index is 12.8. The summed E-state index contributed by atoms with van der Waals surface area (Å²) in [7, 11) is 0. The molecule has 2 heterocycles. The second-order valence-electron chi connectivity index (χ2n) is 7.12. The number of thioether (sulfide) groups is 1. The molecule has 0 unspecified atom stereocenters. The van der Waals surface area contributed by atoms with Crippen molar-refractivity contribution in [1.29, 1.82) is 0 Å². The van der Waals surface area contributed by atoms with Gasteiger partial charge in [0.25, 0.3) is 0 Å². The van der Waals surface area contributed by atoms with E-state index in [1.165, 1.54) is 11.8 Å². The summed E-state index contributed by atoms with van der Waals surface area (Å²) in [5.41, 5.74) is 1.26. The number of hydrogen-bond donors (Lipinski definition) is 1. The number of nitrogens with one attached hydrogen (secondary N) is 1. The van der Waals surface area contributed by atoms with Gasteiger partial charge in [-0.25, -0.2) is 4.68 Å². The molecule has 0 bridgehead atoms. The van der Waals surface area contributed by atoms with E-state index in [-0.39, 0.29) is 29.0 Å². The zero-order valence-corrected chi connectivity index (χ0v) is 17.1. The number of aromatic nitrogens is 4. The minimum absolute atomic E-state index is 0.0154. The smallest absolute Gasteiger partial charge is 0.226 e. The van der Waals surface area contributed by atoms with Gasteiger partial charge in [0.1, 0.15) is 0 Å². The van der Waals surface area contributed by atoms with Crippen molar-refractivity contribution in [3.8, 4) is 0 Å². The second kappa shape index (κ2) is 9.29. The minimum Gasteiger partial charge on any atom is -0.376 e. The maximum Gasteiger partial charge on any atom is 0.226 e. The van der Waals surface area contributed by atoms with Gasteiger partial charge in [-0.1, -0.05) is 25.6 Å². The average molecular weight is 404 g/mol. The molecule has 0 spiro atoms. The van der Waals surface area contributed by atoms with Gasteiger partial charge < -0.3 is 10.1 Å². The van der Waals surface area contributed by atoms with Crippen molar-refractivity contribution in [2.75, 3.05) is 11.9 Å². The molecule has 9 heteroatoms. The summed E-state index contributed by atoms with van der Waals surface area (Å²) in [5, 5.41) is 14.9. The van der Waals surface area contributed by atoms with E-state index in [2.05, 4.69) is 20.8 Å². The lowest BCUT2D eigenvalue weighted by atomic mass is 10.1. The van der Waals surface area contributed by atoms with Gasteiger partial charge in [-0.2, -0.15) is 0 Å². The molecule has 0 saturated carbocycles. The topological polar surface area (TPSA) is 99.0 Å². The molecule has 150 valence electrons. The number of rotatable bonds is 8. The molecule has 1 fully saturated rings. The standard InChI is InChI=1S/C19H25N5O3S/c1-12(2)18(26)20-15-8-6-14(7-9-15)17(25)13(3)28-19-21-22-23-24(19)11-16-5-4-10-27-16/h6-9,12-13,16H,4-5,10-11H2,1-3H3,(H,20,26)/t13-,16+/m1/s1. The number of anilines is 1. The van der Waals surface area contributed by atoms with Gasteiger partial charge in [0.05, 0.1) is 17.9 Å². The van der Waals surface area contributed by atoms with Crippen molar-refractivity contribution in [3.63, 3.8) is 0 Å². The Morgan fingerprint density at radius 3 is 2.68 bits per heavy atom. The number of nitrogens with zero attached hydrogens (tertiary/aromatic N) is 4. The number of benzene rings is 1. The first kappa shape index (κ1) is 20.5. The molecular formula is C19H25N5O3S. The SMILES string of the molecule is CC(C)C(=O)Nc1ccc(C(=O)[C@@H](C)Sc2nnnn2C[C@@H]2CCCO2)cc1. The van der Waals surface area contributed by atoms with Crippen LogP contribution in [0.5, 0.6) is 0 Å². The molecule has 8 nitrogen and oxygen atoms in total. The summed E-state index contributed by atoms with van der Waals surface area (Å²) < 4.78 is 7.34. The van der Waals surface area contributed by atoms with Gasteiger partial charge in [-0.05, 0) is 54.5 Å². The van der Waals surface area contributed by atoms with Crippen LogP contribution in [0.1, 0.15) is 44.0 Å². The van der Waals surface area contributed by atoms with E-state index in [1.807, 2.05) is 20.8 Å². The summed E-state index contributed by atoms with van der Waals surface area (Å²) in [4.78, 5) is 24.5. The maximum absolute atomic E-state index is 12.8. The molecule has 1 amide bonds. The molecule has 1 aromatic heterocycles. The fraction of sp³-hybridized carbons (Fsp3) is 0.526. The minimum atomic E-state index is -0.342. The summed E-state index contributed by atoms with van der Waals surface area (Å²) in [6.45, 7) is 6.88. The fourth-order valence-corrected chi connectivity index (χ4v) is 3.70. The van der Waals surface area contributed by atoms with E-state index < -0.39 is 0 Å². The molecule has 0 aliphatic carbocycles. The van der Waals surface area contributed by atoms with Crippen LogP contribution in [0.2, 0.25) is 0 Å². The molecule has 1 saturated heterocycles. The second-order valence-corrected chi connectivity index (χ2v) is 8.43. The zero-order valence-electron chi connectivity index (χ0n) is 16.3. The first-order valence-electron chi connectivity index (χ1n) is 9.43. The molecule has 1 N–H and O–H groups in total. The van der Waals surface area contributed by atoms with Gasteiger partial charge in [0.2, 0.25) is 11.1 Å². The van der Waals surface area contributed by atoms with Crippen molar-refractivity contribution in [2.24, 2.45) is 5.92 Å². The summed E-state index contributed by atoms with van der Waals surface area (Å²) in [5.74, 6) is -0.169. The van der Waals surface area contributed by atoms with E-state index in [0.717, 1.165) is 19.4 Å². The molecular weight excluding hydrogens is 378 g/mol. The van der Waals surface area contributed by atoms with Crippen LogP contribution in [0.4, 0.5) is 5.69 Å². The van der Waals surface area contributed by atoms with Crippen LogP contribution in [-0.2, 0) is 16.1 Å². The molecule has 1 aromatic carbocycles. The average Bonchev–Trinajstić information content (AvgIpc) is 3.34. The number of ketones is 1. The van der Waals surface area contributed by atoms with Gasteiger partial charge >= 0.3 is 0 Å². The zero-order chi connectivity index (χ0) is 20.1. The van der Waals surface area contributed by atoms with Crippen molar-refractivity contribution in [3.05, 3.63) is 29.8 Å². The molecule has 28 heavy (non-hydrogen) atoms. The van der Waals surface area contributed by atoms with E-state index in [9.17, 15) is 9.59 Å². The molecule has 1 aliphatic heterocycles. The Labute approximate surface area is 168 Å². The molecule has 1 aliphatic rings. The predicted octanol–water partition coefficient (Wildman–Crippen LogP) is 2.81. The Kier molecular flexibility index (Phi) is 6.79. The lowest BCUT2D eigenvalue weighted by Gasteiger charge is -2.13. The summed E-state index contributed by atoms with van der Waals surface area (Å²) in [6, 6.07) is 6.94. The summed E-state index contributed by atoms with van der Waals surface area (Å²) >= 11 is 1.33. The quantitative estimate of drug-likeness (QED) is 0.534. The Morgan fingerprint density at radius 2 is 2.04 bits per heavy atom. The molecule has 2 atom stereocenters. The largest absolute Gasteiger partial charge is 0.376 e. The highest BCUT2D eigenvalue weighted by Gasteiger charge is 2.23. The first-order chi connectivity index (χ1) is 13.4. The van der Waals surface area contributed by atoms with E-state index in [0.29, 0.717) is 23.0 Å². The van der Waals surface area contributed by atoms with E-state index in [4.69, 9.17) is 4.74 Å². The monoisotopic (exact) mass is 403 g/mol. The number of ether oxygens (including phenoxy) is 1. The Balaban J connectivity index is 1.60. The van der Waals surface area contributed by atoms with Crippen LogP contribution in [0.15, 0.2) is 29.4 Å². The van der Waals surface area contributed by atoms with Crippen LogP contribution in [0.25, 0.3) is 0 Å². The van der Waals surface area contributed by atoms with Gasteiger partial charge in [-0.3, -0.25) is 9.59 Å². The van der Waals surface area contributed by atoms with Crippen molar-refractivity contribution in [1.82, 2.24) is 20.2 Å². The van der Waals surface area contributed by atoms with Gasteiger partial charge in [0.15, 0.2) is 5.78 Å². The van der Waals surface area contributed by atoms with Gasteiger partial charge in [-0.15, -0.1) is 5.10 Å². The predicted molar refractivity (Wildman–Crippen MR) is 106 cm³/mol. The molecule has 3 rings (SSSR count). The third kappa shape index (κ3) is 5.17. The number of carbonyl (C=O) groups is 2. The van der Waals surface area contributed by atoms with Crippen LogP contribution >= 0.6 is 11.8 Å². The highest BCUT2D eigenvalue weighted by Crippen LogP contribution is 2.25. The third-order valence-electron chi connectivity index (χ3n) is 4.51. The van der Waals surface area contributed by atoms with Crippen LogP contribution in [0.3, 0.4) is 0 Å². The lowest BCUT2D eigenvalue weighted by Crippen LogP contribution is -2.19. The van der Waals surface area contributed by atoms with E-state index in [1.54, 1.807) is 28.9 Å². The van der Waals surface area contributed by atoms with Crippen LogP contribution in [0, 0.1) is 5.92 Å². The Hall–Kier alpha value is -2.26. The number of carbonyl (C=O) groups excluding carboxylic acids is 2. The highest BCUT2D eigenvalue weighted by atomic mass is 32.2. The first-order valence-corrected chi connectivity index (χ1v) is 10.3. The number of amides is 1. The van der Waals surface area contributed by atoms with Crippen LogP contribution in [-0.4, -0.2) is 49.9 Å². The Bertz CT molecular complexity index is 815. The van der Waals surface area contributed by atoms with Crippen molar-refractivity contribution >= 4 is 29.1 Å². The Morgan fingerprint density at radius 1 is 1.29 bits per heavy atom. The normalized spacial score (nSPS) is 17.6. The highest BCUT2D eigenvalue weighted by molar-refractivity contribution is 8.00. The van der Waals surface area contributed by atoms with Crippen molar-refractivity contribution in [2.45, 2.75) is 56.7 Å². The fourth-order valence-electron chi connectivity index (χ4n) is 2.83. The van der Waals surface area contributed by atoms with E-state index >= 15 is 0 Å². The number of tetrazole rings is 1. The number of Topliss-reactive ketones (excluding diaryl/α,β-unsaturated/α-hetero) is 1. The van der Waals surface area contributed by atoms with Crippen molar-refractivity contribution < 1.29 is 14.3 Å². The third-order valence-corrected chi connectivity index (χ3v) is 5.58. The molecule has 2 aromatic rings. The van der Waals surface area contributed by atoms with Gasteiger partial charge in [0, 0.05) is 23.8 Å².